The molecule has 1 atom stereocenters. The fraction of sp³-hybridized carbons (Fsp3) is 0.381. The Morgan fingerprint density at radius 2 is 2.13 bits per heavy atom. The molecule has 5 rings (SSSR count). The monoisotopic (exact) mass is 422 g/mol. The molecule has 9 heteroatoms. The number of nitriles is 1. The first-order chi connectivity index (χ1) is 14.4. The van der Waals surface area contributed by atoms with Crippen LogP contribution in [0.2, 0.25) is 5.02 Å². The Kier molecular flexibility index (Phi) is 4.02. The third-order valence-corrected chi connectivity index (χ3v) is 6.41. The summed E-state index contributed by atoms with van der Waals surface area (Å²) in [7, 11) is 0. The van der Waals surface area contributed by atoms with Gasteiger partial charge in [0.2, 0.25) is 11.7 Å². The van der Waals surface area contributed by atoms with Crippen molar-refractivity contribution in [3.63, 3.8) is 0 Å². The molecule has 1 aliphatic rings. The van der Waals surface area contributed by atoms with Crippen LogP contribution < -0.4 is 5.56 Å². The average Bonchev–Trinajstić information content (AvgIpc) is 3.14. The number of hydrogen-bond donors (Lipinski definition) is 0. The molecule has 152 valence electrons. The number of benzene rings is 1. The molecule has 1 aliphatic carbocycles. The summed E-state index contributed by atoms with van der Waals surface area (Å²) in [5.41, 5.74) is 1.80. The van der Waals surface area contributed by atoms with Crippen LogP contribution in [0, 0.1) is 11.3 Å². The van der Waals surface area contributed by atoms with Gasteiger partial charge < -0.3 is 9.09 Å². The summed E-state index contributed by atoms with van der Waals surface area (Å²) in [5.74, 6) is 0.863. The van der Waals surface area contributed by atoms with Gasteiger partial charge >= 0.3 is 0 Å². The molecule has 30 heavy (non-hydrogen) atoms. The number of fused-ring (bicyclic) bond motifs is 3. The molecule has 0 amide bonds. The third-order valence-electron chi connectivity index (χ3n) is 6.09. The molecule has 3 aromatic heterocycles. The van der Waals surface area contributed by atoms with Crippen LogP contribution in [0.4, 0.5) is 0 Å². The van der Waals surface area contributed by atoms with Gasteiger partial charge in [0, 0.05) is 11.5 Å². The lowest BCUT2D eigenvalue weighted by molar-refractivity contribution is 0.353. The highest BCUT2D eigenvalue weighted by Gasteiger charge is 2.44. The lowest BCUT2D eigenvalue weighted by Gasteiger charge is -2.19. The number of nitrogens with zero attached hydrogens (tertiary/aromatic N) is 6. The second-order valence-electron chi connectivity index (χ2n) is 8.13. The van der Waals surface area contributed by atoms with Crippen LogP contribution in [-0.4, -0.2) is 24.1 Å². The first-order valence-electron chi connectivity index (χ1n) is 9.88. The highest BCUT2D eigenvalue weighted by atomic mass is 35.5. The number of rotatable bonds is 4. The van der Waals surface area contributed by atoms with Crippen LogP contribution in [0.15, 0.2) is 27.8 Å². The Hall–Kier alpha value is -3.18. The summed E-state index contributed by atoms with van der Waals surface area (Å²) in [5, 5.41) is 14.1. The molecular weight excluding hydrogens is 404 g/mol. The van der Waals surface area contributed by atoms with Gasteiger partial charge in [0.25, 0.3) is 5.56 Å². The van der Waals surface area contributed by atoms with Gasteiger partial charge in [-0.25, -0.2) is 4.98 Å². The smallest absolute Gasteiger partial charge is 0.278 e. The summed E-state index contributed by atoms with van der Waals surface area (Å²) in [6.07, 6.45) is 4.26. The molecule has 1 aromatic carbocycles. The zero-order chi connectivity index (χ0) is 21.2. The predicted molar refractivity (Wildman–Crippen MR) is 112 cm³/mol. The van der Waals surface area contributed by atoms with Crippen molar-refractivity contribution in [1.29, 1.82) is 5.26 Å². The largest absolute Gasteiger partial charge is 0.338 e. The van der Waals surface area contributed by atoms with Gasteiger partial charge in [-0.15, -0.1) is 0 Å². The lowest BCUT2D eigenvalue weighted by atomic mass is 10.1. The summed E-state index contributed by atoms with van der Waals surface area (Å²) >= 11 is 6.28. The number of hydrogen-bond acceptors (Lipinski definition) is 6. The van der Waals surface area contributed by atoms with E-state index in [0.717, 1.165) is 12.8 Å². The van der Waals surface area contributed by atoms with Gasteiger partial charge in [-0.05, 0) is 38.3 Å². The van der Waals surface area contributed by atoms with E-state index in [1.807, 2.05) is 13.8 Å². The van der Waals surface area contributed by atoms with Crippen molar-refractivity contribution in [3.8, 4) is 17.6 Å². The Labute approximate surface area is 176 Å². The van der Waals surface area contributed by atoms with Gasteiger partial charge in [-0.2, -0.15) is 10.2 Å². The zero-order valence-corrected chi connectivity index (χ0v) is 17.6. The van der Waals surface area contributed by atoms with E-state index in [1.165, 1.54) is 0 Å². The quantitative estimate of drug-likeness (QED) is 0.487. The van der Waals surface area contributed by atoms with Crippen molar-refractivity contribution in [3.05, 3.63) is 45.3 Å². The Balaban J connectivity index is 1.88. The van der Waals surface area contributed by atoms with E-state index < -0.39 is 0 Å². The topological polar surface area (TPSA) is 102 Å². The van der Waals surface area contributed by atoms with Gasteiger partial charge in [0.05, 0.1) is 21.6 Å². The van der Waals surface area contributed by atoms with E-state index >= 15 is 0 Å². The molecule has 0 aliphatic heterocycles. The van der Waals surface area contributed by atoms with Crippen LogP contribution in [0.25, 0.3) is 28.1 Å². The van der Waals surface area contributed by atoms with Crippen molar-refractivity contribution in [2.24, 2.45) is 0 Å². The number of imidazole rings is 1. The summed E-state index contributed by atoms with van der Waals surface area (Å²) in [4.78, 5) is 22.6. The predicted octanol–water partition coefficient (Wildman–Crippen LogP) is 4.25. The molecule has 4 aromatic rings. The standard InChI is InChI=1S/C21H19ClN6O2/c1-4-11(2)28-16-12(9-23)13(22)5-6-14(16)27-10-24-15(17(27)19(28)29)18-25-20(30-26-18)21(3)7-8-21/h5-6,10-11H,4,7-8H2,1-3H3. The number of halogens is 1. The van der Waals surface area contributed by atoms with Crippen LogP contribution in [-0.2, 0) is 5.41 Å². The maximum absolute atomic E-state index is 13.7. The van der Waals surface area contributed by atoms with Crippen LogP contribution >= 0.6 is 11.6 Å². The molecular formula is C21H19ClN6O2. The summed E-state index contributed by atoms with van der Waals surface area (Å²) in [6.45, 7) is 6.00. The molecule has 0 N–H and O–H groups in total. The minimum absolute atomic E-state index is 0.0805. The lowest BCUT2D eigenvalue weighted by Crippen LogP contribution is -2.26. The highest BCUT2D eigenvalue weighted by Crippen LogP contribution is 2.47. The van der Waals surface area contributed by atoms with E-state index in [1.54, 1.807) is 27.4 Å². The van der Waals surface area contributed by atoms with Crippen LogP contribution in [0.1, 0.15) is 57.5 Å². The molecule has 1 saturated carbocycles. The average molecular weight is 423 g/mol. The van der Waals surface area contributed by atoms with Crippen molar-refractivity contribution in [2.75, 3.05) is 0 Å². The maximum atomic E-state index is 13.7. The minimum atomic E-state index is -0.271. The SMILES string of the molecule is CCC(C)n1c(=O)c2c(-c3noc(C4(C)CC4)n3)ncn2c2ccc(Cl)c(C#N)c21. The molecule has 3 heterocycles. The normalized spacial score (nSPS) is 16.1. The van der Waals surface area contributed by atoms with E-state index in [0.29, 0.717) is 45.4 Å². The van der Waals surface area contributed by atoms with Gasteiger partial charge in [0.15, 0.2) is 0 Å². The van der Waals surface area contributed by atoms with Crippen molar-refractivity contribution < 1.29 is 4.52 Å². The van der Waals surface area contributed by atoms with Crippen molar-refractivity contribution in [2.45, 2.75) is 51.5 Å². The maximum Gasteiger partial charge on any atom is 0.278 e. The molecule has 8 nitrogen and oxygen atoms in total. The fourth-order valence-electron chi connectivity index (χ4n) is 3.78. The first kappa shape index (κ1) is 18.8. The Bertz CT molecular complexity index is 1420. The molecule has 1 fully saturated rings. The fourth-order valence-corrected chi connectivity index (χ4v) is 3.98. The molecule has 1 unspecified atom stereocenters. The van der Waals surface area contributed by atoms with Crippen LogP contribution in [0.3, 0.4) is 0 Å². The van der Waals surface area contributed by atoms with Gasteiger partial charge in [0.1, 0.15) is 23.6 Å². The van der Waals surface area contributed by atoms with E-state index in [9.17, 15) is 10.1 Å². The molecule has 0 saturated heterocycles. The number of aromatic nitrogens is 5. The first-order valence-corrected chi connectivity index (χ1v) is 10.3. The third kappa shape index (κ3) is 2.52. The second-order valence-corrected chi connectivity index (χ2v) is 8.54. The van der Waals surface area contributed by atoms with Crippen molar-refractivity contribution >= 4 is 28.2 Å². The zero-order valence-electron chi connectivity index (χ0n) is 16.8. The van der Waals surface area contributed by atoms with Gasteiger partial charge in [-0.1, -0.05) is 30.6 Å². The minimum Gasteiger partial charge on any atom is -0.338 e. The Morgan fingerprint density at radius 3 is 2.80 bits per heavy atom. The second kappa shape index (κ2) is 6.41. The van der Waals surface area contributed by atoms with E-state index in [-0.39, 0.29) is 22.6 Å². The molecule has 0 spiro atoms. The molecule has 0 radical (unpaired) electrons. The van der Waals surface area contributed by atoms with Crippen molar-refractivity contribution in [1.82, 2.24) is 24.1 Å². The van der Waals surface area contributed by atoms with E-state index in [2.05, 4.69) is 28.1 Å². The highest BCUT2D eigenvalue weighted by molar-refractivity contribution is 6.32. The molecule has 0 bridgehead atoms. The van der Waals surface area contributed by atoms with E-state index in [4.69, 9.17) is 16.1 Å². The summed E-state index contributed by atoms with van der Waals surface area (Å²) < 4.78 is 8.77. The Morgan fingerprint density at radius 1 is 1.37 bits per heavy atom. The van der Waals surface area contributed by atoms with Gasteiger partial charge in [-0.3, -0.25) is 9.20 Å². The van der Waals surface area contributed by atoms with Crippen LogP contribution in [0.5, 0.6) is 0 Å². The summed E-state index contributed by atoms with van der Waals surface area (Å²) in [6, 6.07) is 5.46.